The zero-order chi connectivity index (χ0) is 30.9. The molecule has 0 amide bonds. The third-order valence-corrected chi connectivity index (χ3v) is 11.5. The first kappa shape index (κ1) is 26.9. The Morgan fingerprint density at radius 1 is 0.489 bits per heavy atom. The zero-order valence-electron chi connectivity index (χ0n) is 25.8. The van der Waals surface area contributed by atoms with Crippen molar-refractivity contribution < 1.29 is 0 Å². The van der Waals surface area contributed by atoms with Crippen LogP contribution in [0, 0.1) is 0 Å². The predicted octanol–water partition coefficient (Wildman–Crippen LogP) is 12.5. The summed E-state index contributed by atoms with van der Waals surface area (Å²) < 4.78 is 0. The highest BCUT2D eigenvalue weighted by atomic mass is 32.2. The van der Waals surface area contributed by atoms with Gasteiger partial charge in [0.05, 0.1) is 0 Å². The second-order valence-corrected chi connectivity index (χ2v) is 14.0. The monoisotopic (exact) mass is 617 g/mol. The van der Waals surface area contributed by atoms with Crippen molar-refractivity contribution in [3.05, 3.63) is 168 Å². The topological polar surface area (TPSA) is 12.0 Å². The van der Waals surface area contributed by atoms with Crippen molar-refractivity contribution in [1.82, 2.24) is 0 Å². The molecule has 1 nitrogen and oxygen atoms in total. The molecule has 8 aromatic carbocycles. The SMILES string of the molecule is c1ccc(C2Nc3ccc4c(c3S2)-c2cc(-c3cccc(-c5cc6ccc7ccccc7c6c6ccccc56)c3)ccc2CC4)cc1. The zero-order valence-corrected chi connectivity index (χ0v) is 26.7. The summed E-state index contributed by atoms with van der Waals surface area (Å²) in [5.41, 5.74) is 13.3. The fourth-order valence-electron chi connectivity index (χ4n) is 7.89. The Hall–Kier alpha value is -5.31. The lowest BCUT2D eigenvalue weighted by atomic mass is 9.83. The number of hydrogen-bond acceptors (Lipinski definition) is 2. The van der Waals surface area contributed by atoms with Crippen LogP contribution in [0.1, 0.15) is 22.1 Å². The second kappa shape index (κ2) is 10.6. The molecule has 0 saturated carbocycles. The van der Waals surface area contributed by atoms with Crippen LogP contribution in [0.25, 0.3) is 65.7 Å². The molecule has 1 aliphatic heterocycles. The Kier molecular flexibility index (Phi) is 6.07. The van der Waals surface area contributed by atoms with Gasteiger partial charge in [-0.2, -0.15) is 0 Å². The summed E-state index contributed by atoms with van der Waals surface area (Å²) >= 11 is 1.96. The van der Waals surface area contributed by atoms with Crippen LogP contribution in [0.15, 0.2) is 157 Å². The molecule has 0 radical (unpaired) electrons. The van der Waals surface area contributed by atoms with E-state index in [9.17, 15) is 0 Å². The number of anilines is 1. The highest BCUT2D eigenvalue weighted by molar-refractivity contribution is 8.00. The summed E-state index contributed by atoms with van der Waals surface area (Å²) in [6.45, 7) is 0. The molecule has 0 saturated heterocycles. The van der Waals surface area contributed by atoms with E-state index >= 15 is 0 Å². The van der Waals surface area contributed by atoms with Gasteiger partial charge in [-0.15, -0.1) is 0 Å². The van der Waals surface area contributed by atoms with E-state index in [1.807, 2.05) is 11.8 Å². The average molecular weight is 618 g/mol. The molecule has 0 fully saturated rings. The van der Waals surface area contributed by atoms with Crippen LogP contribution >= 0.6 is 11.8 Å². The van der Waals surface area contributed by atoms with E-state index in [0.717, 1.165) is 12.8 Å². The van der Waals surface area contributed by atoms with Gasteiger partial charge in [0.2, 0.25) is 0 Å². The van der Waals surface area contributed by atoms with Gasteiger partial charge in [0, 0.05) is 16.1 Å². The second-order valence-electron chi connectivity index (χ2n) is 12.8. The first-order chi connectivity index (χ1) is 23.3. The molecule has 222 valence electrons. The van der Waals surface area contributed by atoms with Crippen molar-refractivity contribution in [2.45, 2.75) is 23.1 Å². The van der Waals surface area contributed by atoms with Crippen LogP contribution in [0.2, 0.25) is 0 Å². The molecule has 0 bridgehead atoms. The minimum atomic E-state index is 0.234. The van der Waals surface area contributed by atoms with Crippen LogP contribution in [-0.2, 0) is 12.8 Å². The lowest BCUT2D eigenvalue weighted by Crippen LogP contribution is -2.05. The van der Waals surface area contributed by atoms with Crippen molar-refractivity contribution in [2.24, 2.45) is 0 Å². The predicted molar refractivity (Wildman–Crippen MR) is 201 cm³/mol. The van der Waals surface area contributed by atoms with Gasteiger partial charge in [-0.1, -0.05) is 139 Å². The van der Waals surface area contributed by atoms with Crippen molar-refractivity contribution in [3.8, 4) is 33.4 Å². The van der Waals surface area contributed by atoms with Crippen molar-refractivity contribution in [1.29, 1.82) is 0 Å². The molecule has 1 heterocycles. The van der Waals surface area contributed by atoms with Gasteiger partial charge in [-0.05, 0) is 114 Å². The number of benzene rings is 8. The van der Waals surface area contributed by atoms with Crippen LogP contribution in [0.3, 0.4) is 0 Å². The Bertz CT molecular complexity index is 2530. The molecule has 0 aromatic heterocycles. The normalized spacial score (nSPS) is 14.9. The van der Waals surface area contributed by atoms with Crippen LogP contribution in [0.5, 0.6) is 0 Å². The third-order valence-electron chi connectivity index (χ3n) is 10.2. The summed E-state index contributed by atoms with van der Waals surface area (Å²) in [6, 6.07) is 56.3. The largest absolute Gasteiger partial charge is 0.368 e. The van der Waals surface area contributed by atoms with Gasteiger partial charge in [-0.3, -0.25) is 0 Å². The molecule has 0 spiro atoms. The Morgan fingerprint density at radius 3 is 2.13 bits per heavy atom. The number of nitrogens with one attached hydrogen (secondary N) is 1. The van der Waals surface area contributed by atoms with Crippen molar-refractivity contribution in [2.75, 3.05) is 5.32 Å². The van der Waals surface area contributed by atoms with E-state index in [2.05, 4.69) is 157 Å². The van der Waals surface area contributed by atoms with Crippen molar-refractivity contribution >= 4 is 49.8 Å². The van der Waals surface area contributed by atoms with E-state index in [4.69, 9.17) is 0 Å². The van der Waals surface area contributed by atoms with Gasteiger partial charge in [-0.25, -0.2) is 0 Å². The lowest BCUT2D eigenvalue weighted by molar-refractivity contribution is 0.935. The van der Waals surface area contributed by atoms with Crippen LogP contribution in [0.4, 0.5) is 5.69 Å². The van der Waals surface area contributed by atoms with Crippen molar-refractivity contribution in [3.63, 3.8) is 0 Å². The molecule has 1 unspecified atom stereocenters. The third kappa shape index (κ3) is 4.32. The maximum absolute atomic E-state index is 3.80. The van der Waals surface area contributed by atoms with E-state index < -0.39 is 0 Å². The van der Waals surface area contributed by atoms with E-state index in [1.165, 1.54) is 93.0 Å². The fraction of sp³-hybridized carbons (Fsp3) is 0.0667. The van der Waals surface area contributed by atoms with Gasteiger partial charge < -0.3 is 5.32 Å². The molecular weight excluding hydrogens is 587 g/mol. The summed E-state index contributed by atoms with van der Waals surface area (Å²) in [7, 11) is 0. The van der Waals surface area contributed by atoms with E-state index in [-0.39, 0.29) is 5.37 Å². The Morgan fingerprint density at radius 2 is 1.21 bits per heavy atom. The van der Waals surface area contributed by atoms with Gasteiger partial charge in [0.1, 0.15) is 5.37 Å². The lowest BCUT2D eigenvalue weighted by Gasteiger charge is -2.23. The van der Waals surface area contributed by atoms with E-state index in [1.54, 1.807) is 0 Å². The Labute approximate surface area is 278 Å². The fourth-order valence-corrected chi connectivity index (χ4v) is 9.22. The summed E-state index contributed by atoms with van der Waals surface area (Å²) in [4.78, 5) is 1.39. The standard InChI is InChI=1S/C45H31NS/c1-2-10-31(11-3-1)45-46-41-24-23-30-20-17-29-18-21-33(26-40(29)43(30)44(41)47-45)32-12-8-13-34(25-32)39-27-35-22-19-28-9-4-5-14-36(28)42(35)38-16-7-6-15-37(38)39/h1-16,18-19,21-27,45-46H,17,20H2. The number of fused-ring (bicyclic) bond motifs is 10. The molecule has 1 N–H and O–H groups in total. The molecular formula is C45H31NS. The number of hydrogen-bond donors (Lipinski definition) is 1. The maximum Gasteiger partial charge on any atom is 0.103 e. The van der Waals surface area contributed by atoms with Gasteiger partial charge in [0.25, 0.3) is 0 Å². The molecule has 8 aromatic rings. The number of thioether (sulfide) groups is 1. The molecule has 10 rings (SSSR count). The first-order valence-electron chi connectivity index (χ1n) is 16.5. The Balaban J connectivity index is 1.09. The smallest absolute Gasteiger partial charge is 0.103 e. The molecule has 2 heteroatoms. The quantitative estimate of drug-likeness (QED) is 0.198. The molecule has 1 atom stereocenters. The van der Waals surface area contributed by atoms with Gasteiger partial charge in [0.15, 0.2) is 0 Å². The highest BCUT2D eigenvalue weighted by Gasteiger charge is 2.30. The van der Waals surface area contributed by atoms with Crippen LogP contribution in [-0.4, -0.2) is 0 Å². The highest BCUT2D eigenvalue weighted by Crippen LogP contribution is 2.53. The van der Waals surface area contributed by atoms with Gasteiger partial charge >= 0.3 is 0 Å². The minimum absolute atomic E-state index is 0.234. The van der Waals surface area contributed by atoms with E-state index in [0.29, 0.717) is 0 Å². The first-order valence-corrected chi connectivity index (χ1v) is 17.4. The number of aryl methyl sites for hydroxylation is 2. The summed E-state index contributed by atoms with van der Waals surface area (Å²) in [6.07, 6.45) is 2.17. The minimum Gasteiger partial charge on any atom is -0.368 e. The number of rotatable bonds is 3. The summed E-state index contributed by atoms with van der Waals surface area (Å²) in [5, 5.41) is 11.8. The molecule has 2 aliphatic rings. The average Bonchev–Trinajstić information content (AvgIpc) is 3.59. The summed E-state index contributed by atoms with van der Waals surface area (Å²) in [5.74, 6) is 0. The van der Waals surface area contributed by atoms with Crippen LogP contribution < -0.4 is 5.32 Å². The molecule has 1 aliphatic carbocycles. The maximum atomic E-state index is 3.80. The molecule has 47 heavy (non-hydrogen) atoms.